The Balaban J connectivity index is 1.56. The van der Waals surface area contributed by atoms with E-state index in [1.165, 1.54) is 4.90 Å². The molecule has 1 aromatic rings. The van der Waals surface area contributed by atoms with Crippen LogP contribution in [0, 0.1) is 52.3 Å². The summed E-state index contributed by atoms with van der Waals surface area (Å²) in [4.78, 5) is 70.3. The molecule has 3 fully saturated rings. The predicted octanol–water partition coefficient (Wildman–Crippen LogP) is 7.77. The molecule has 0 aromatic heterocycles. The number of rotatable bonds is 18. The Bertz CT molecular complexity index is 1720. The summed E-state index contributed by atoms with van der Waals surface area (Å²) in [6, 6.07) is 7.15. The highest BCUT2D eigenvalue weighted by Crippen LogP contribution is 2.65. The van der Waals surface area contributed by atoms with Crippen LogP contribution in [0.5, 0.6) is 0 Å². The molecule has 0 radical (unpaired) electrons. The molecule has 1 heterocycles. The Morgan fingerprint density at radius 3 is 2.19 bits per heavy atom. The summed E-state index contributed by atoms with van der Waals surface area (Å²) in [7, 11) is -3.70. The van der Waals surface area contributed by atoms with Gasteiger partial charge in [-0.15, -0.1) is 12.3 Å². The summed E-state index contributed by atoms with van der Waals surface area (Å²) in [6.07, 6.45) is 1.62. The number of Topliss-reactive ketones (excluding diaryl/α,β-unsaturated/α-hetero) is 4. The van der Waals surface area contributed by atoms with Crippen LogP contribution in [0.4, 0.5) is 13.2 Å². The Hall–Kier alpha value is -3.33. The largest absolute Gasteiger partial charge is 0.389 e. The van der Waals surface area contributed by atoms with Crippen LogP contribution in [-0.2, 0) is 33.8 Å². The molecule has 1 aliphatic heterocycles. The predicted molar refractivity (Wildman–Crippen MR) is 199 cm³/mol. The summed E-state index contributed by atoms with van der Waals surface area (Å²) < 4.78 is 67.1. The first kappa shape index (κ1) is 43.4. The smallest absolute Gasteiger partial charge is 0.332 e. The Morgan fingerprint density at radius 1 is 0.981 bits per heavy atom. The highest BCUT2D eigenvalue weighted by Gasteiger charge is 2.69. The number of ketones is 4. The number of alkyl halides is 3. The zero-order chi connectivity index (χ0) is 40.3. The molecule has 0 spiro atoms. The lowest BCUT2D eigenvalue weighted by Crippen LogP contribution is -2.51. The van der Waals surface area contributed by atoms with Crippen molar-refractivity contribution < 1.29 is 45.6 Å². The van der Waals surface area contributed by atoms with Gasteiger partial charge in [-0.05, 0) is 65.9 Å². The minimum Gasteiger partial charge on any atom is -0.332 e. The van der Waals surface area contributed by atoms with E-state index in [9.17, 15) is 45.6 Å². The van der Waals surface area contributed by atoms with E-state index in [1.54, 1.807) is 30.3 Å². The number of hydrogen-bond acceptors (Lipinski definition) is 7. The van der Waals surface area contributed by atoms with E-state index in [0.29, 0.717) is 12.8 Å². The van der Waals surface area contributed by atoms with Gasteiger partial charge < -0.3 is 4.90 Å². The van der Waals surface area contributed by atoms with Crippen molar-refractivity contribution in [2.45, 2.75) is 135 Å². The molecule has 2 aliphatic carbocycles. The van der Waals surface area contributed by atoms with Gasteiger partial charge in [-0.1, -0.05) is 72.1 Å². The van der Waals surface area contributed by atoms with Gasteiger partial charge in [0.1, 0.15) is 5.78 Å². The van der Waals surface area contributed by atoms with Crippen LogP contribution in [0.2, 0.25) is 0 Å². The van der Waals surface area contributed by atoms with Crippen LogP contribution in [0.1, 0.15) is 118 Å². The minimum atomic E-state index is -4.61. The van der Waals surface area contributed by atoms with Crippen LogP contribution < -0.4 is 0 Å². The molecule has 1 saturated heterocycles. The molecule has 5 atom stereocenters. The van der Waals surface area contributed by atoms with Crippen molar-refractivity contribution in [1.82, 2.24) is 4.90 Å². The zero-order valence-corrected chi connectivity index (χ0v) is 33.1. The van der Waals surface area contributed by atoms with Crippen molar-refractivity contribution in [3.05, 3.63) is 30.3 Å². The highest BCUT2D eigenvalue weighted by molar-refractivity contribution is 7.91. The minimum absolute atomic E-state index is 0.00205. The number of unbranched alkanes of at least 4 members (excludes halogenated alkanes) is 1. The van der Waals surface area contributed by atoms with E-state index >= 15 is 0 Å². The topological polar surface area (TPSA) is 123 Å². The van der Waals surface area contributed by atoms with E-state index < -0.39 is 87.2 Å². The van der Waals surface area contributed by atoms with E-state index in [2.05, 4.69) is 5.92 Å². The Morgan fingerprint density at radius 2 is 1.61 bits per heavy atom. The summed E-state index contributed by atoms with van der Waals surface area (Å²) in [5, 5.41) is 0. The molecule has 12 heteroatoms. The molecule has 0 N–H and O–H groups in total. The van der Waals surface area contributed by atoms with Crippen molar-refractivity contribution in [3.8, 4) is 12.3 Å². The fraction of sp³-hybridized carbons (Fsp3) is 0.690. The fourth-order valence-electron chi connectivity index (χ4n) is 9.08. The van der Waals surface area contributed by atoms with Gasteiger partial charge in [0, 0.05) is 56.9 Å². The number of sulfone groups is 1. The van der Waals surface area contributed by atoms with Crippen molar-refractivity contribution in [3.63, 3.8) is 0 Å². The molecule has 54 heavy (non-hydrogen) atoms. The van der Waals surface area contributed by atoms with Crippen molar-refractivity contribution in [2.75, 3.05) is 12.3 Å². The third-order valence-electron chi connectivity index (χ3n) is 12.3. The van der Waals surface area contributed by atoms with Gasteiger partial charge in [0.05, 0.1) is 16.7 Å². The van der Waals surface area contributed by atoms with Crippen LogP contribution in [0.3, 0.4) is 0 Å². The molecule has 2 unspecified atom stereocenters. The van der Waals surface area contributed by atoms with Crippen LogP contribution in [0.15, 0.2) is 35.2 Å². The molecular weight excluding hydrogens is 720 g/mol. The van der Waals surface area contributed by atoms with Crippen LogP contribution in [0.25, 0.3) is 0 Å². The number of halogens is 3. The molecule has 0 bridgehead atoms. The second kappa shape index (κ2) is 16.8. The number of hydrogen-bond donors (Lipinski definition) is 0. The lowest BCUT2D eigenvalue weighted by atomic mass is 9.70. The number of carbonyl (C=O) groups excluding carboxylic acids is 5. The maximum atomic E-state index is 14.6. The Labute approximate surface area is 318 Å². The molecule has 3 aliphatic rings. The van der Waals surface area contributed by atoms with Gasteiger partial charge in [-0.25, -0.2) is 8.42 Å². The third-order valence-corrected chi connectivity index (χ3v) is 14.3. The maximum Gasteiger partial charge on any atom is 0.389 e. The van der Waals surface area contributed by atoms with Gasteiger partial charge in [-0.3, -0.25) is 24.0 Å². The van der Waals surface area contributed by atoms with Gasteiger partial charge in [0.2, 0.25) is 11.7 Å². The molecular formula is C42H56F3NO7S. The number of fused-ring (bicyclic) bond motifs is 1. The fourth-order valence-corrected chi connectivity index (χ4v) is 11.0. The zero-order valence-electron chi connectivity index (χ0n) is 32.3. The SMILES string of the molecule is C#CCCCC(=O)C(=O)C(CCC(F)(F)F)CC(=O)[C@@H]1[C@@H]2C(CN1C(=O)[C@@H](CC(=O)CC1(CS(=O)(=O)c3ccccc3)CCCCC1)C(C)(C)C)C2(C)C. The average molecular weight is 776 g/mol. The van der Waals surface area contributed by atoms with Crippen LogP contribution in [-0.4, -0.2) is 66.9 Å². The number of amides is 1. The molecule has 4 rings (SSSR count). The standard InChI is InChI=1S/C42H56F3NO7S/c1-7-8-11-18-33(48)37(50)28(19-22-42(43,44)45)23-34(49)36-35-32(40(35,5)6)26-46(36)38(51)31(39(2,3)4)24-29(47)25-41(20-14-10-15-21-41)27-54(52,53)30-16-12-9-13-17-30/h1,9,12-13,16-17,28,31-32,35-36H,8,10-11,14-15,18-27H2,2-6H3/t28?,31-,32?,35+,36-/m1/s1. The second-order valence-corrected chi connectivity index (χ2v) is 19.7. The molecule has 1 amide bonds. The summed E-state index contributed by atoms with van der Waals surface area (Å²) in [5.74, 6) is -3.64. The monoisotopic (exact) mass is 775 g/mol. The first-order valence-corrected chi connectivity index (χ1v) is 20.9. The summed E-state index contributed by atoms with van der Waals surface area (Å²) >= 11 is 0. The first-order chi connectivity index (χ1) is 25.0. The third kappa shape index (κ3) is 10.5. The molecule has 1 aromatic carbocycles. The van der Waals surface area contributed by atoms with Gasteiger partial charge in [-0.2, -0.15) is 13.2 Å². The number of piperidine rings is 1. The number of nitrogens with zero attached hydrogens (tertiary/aromatic N) is 1. The Kier molecular flexibility index (Phi) is 13.5. The normalized spacial score (nSPS) is 23.1. The lowest BCUT2D eigenvalue weighted by molar-refractivity contribution is -0.150. The van der Waals surface area contributed by atoms with Crippen LogP contribution >= 0.6 is 0 Å². The maximum absolute atomic E-state index is 14.6. The van der Waals surface area contributed by atoms with E-state index in [4.69, 9.17) is 6.42 Å². The molecule has 298 valence electrons. The van der Waals surface area contributed by atoms with Crippen molar-refractivity contribution in [2.24, 2.45) is 39.9 Å². The molecule has 2 saturated carbocycles. The summed E-state index contributed by atoms with van der Waals surface area (Å²) in [6.45, 7) is 9.63. The van der Waals surface area contributed by atoms with E-state index in [0.717, 1.165) is 19.3 Å². The number of likely N-dealkylation sites (tertiary alicyclic amines) is 1. The highest BCUT2D eigenvalue weighted by atomic mass is 32.2. The number of benzene rings is 1. The first-order valence-electron chi connectivity index (χ1n) is 19.2. The quantitative estimate of drug-likeness (QED) is 0.0849. The van der Waals surface area contributed by atoms with Gasteiger partial charge in [0.25, 0.3) is 0 Å². The average Bonchev–Trinajstić information content (AvgIpc) is 3.38. The molecule has 8 nitrogen and oxygen atoms in total. The van der Waals surface area contributed by atoms with Crippen molar-refractivity contribution >= 4 is 38.9 Å². The second-order valence-electron chi connectivity index (χ2n) is 17.7. The van der Waals surface area contributed by atoms with Gasteiger partial charge >= 0.3 is 6.18 Å². The van der Waals surface area contributed by atoms with E-state index in [1.807, 2.05) is 34.6 Å². The van der Waals surface area contributed by atoms with E-state index in [-0.39, 0.29) is 72.3 Å². The number of carbonyl (C=O) groups is 5. The van der Waals surface area contributed by atoms with Gasteiger partial charge in [0.15, 0.2) is 21.4 Å². The summed E-state index contributed by atoms with van der Waals surface area (Å²) in [5.41, 5.74) is -1.85. The number of terminal acetylenes is 1. The van der Waals surface area contributed by atoms with Crippen molar-refractivity contribution in [1.29, 1.82) is 0 Å². The lowest BCUT2D eigenvalue weighted by Gasteiger charge is -2.39.